The van der Waals surface area contributed by atoms with E-state index in [-0.39, 0.29) is 30.7 Å². The van der Waals surface area contributed by atoms with Crippen molar-refractivity contribution < 1.29 is 19.6 Å². The molecule has 1 heterocycles. The van der Waals surface area contributed by atoms with Crippen LogP contribution in [0, 0.1) is 17.0 Å². The van der Waals surface area contributed by atoms with Crippen molar-refractivity contribution in [2.75, 3.05) is 0 Å². The Labute approximate surface area is 149 Å². The zero-order valence-corrected chi connectivity index (χ0v) is 14.3. The lowest BCUT2D eigenvalue weighted by atomic mass is 10.0. The molecular weight excluding hydrogens is 340 g/mol. The lowest BCUT2D eigenvalue weighted by molar-refractivity contribution is -0.389. The van der Waals surface area contributed by atoms with Gasteiger partial charge in [0.2, 0.25) is 11.7 Å². The van der Waals surface area contributed by atoms with Crippen molar-refractivity contribution in [3.63, 3.8) is 0 Å². The normalized spacial score (nSPS) is 11.7. The molecule has 0 aliphatic carbocycles. The third-order valence-electron chi connectivity index (χ3n) is 3.86. The molecule has 1 aromatic heterocycles. The number of nitro groups is 1. The predicted octanol–water partition coefficient (Wildman–Crippen LogP) is 1.69. The average Bonchev–Trinajstić information content (AvgIpc) is 2.94. The number of carboxylic acid groups (broad SMARTS) is 1. The fourth-order valence-electron chi connectivity index (χ4n) is 2.59. The second-order valence-corrected chi connectivity index (χ2v) is 5.92. The number of imidazole rings is 1. The van der Waals surface area contributed by atoms with Gasteiger partial charge in [-0.3, -0.25) is 14.2 Å². The largest absolute Gasteiger partial charge is 0.481 e. The third kappa shape index (κ3) is 5.69. The molecule has 0 fully saturated rings. The number of hydrogen-bond acceptors (Lipinski definition) is 5. The highest BCUT2D eigenvalue weighted by molar-refractivity contribution is 5.76. The van der Waals surface area contributed by atoms with Gasteiger partial charge in [-0.25, -0.2) is 0 Å². The van der Waals surface area contributed by atoms with Gasteiger partial charge in [-0.05, 0) is 28.3 Å². The maximum absolute atomic E-state index is 12.3. The number of aromatic nitrogens is 2. The lowest BCUT2D eigenvalue weighted by Crippen LogP contribution is -2.38. The maximum atomic E-state index is 12.3. The van der Waals surface area contributed by atoms with E-state index in [0.29, 0.717) is 18.7 Å². The van der Waals surface area contributed by atoms with Crippen molar-refractivity contribution in [1.82, 2.24) is 14.9 Å². The Hall–Kier alpha value is -3.23. The number of carbonyl (C=O) groups excluding carboxylic acids is 1. The summed E-state index contributed by atoms with van der Waals surface area (Å²) in [5.74, 6) is -1.25. The Kier molecular flexibility index (Phi) is 6.42. The van der Waals surface area contributed by atoms with E-state index >= 15 is 0 Å². The molecule has 2 N–H and O–H groups in total. The van der Waals surface area contributed by atoms with Gasteiger partial charge in [0.1, 0.15) is 12.7 Å². The number of nitrogens with one attached hydrogen (secondary N) is 1. The van der Waals surface area contributed by atoms with Crippen LogP contribution in [0.4, 0.5) is 5.82 Å². The Balaban J connectivity index is 2.02. The van der Waals surface area contributed by atoms with E-state index in [2.05, 4.69) is 10.3 Å². The van der Waals surface area contributed by atoms with E-state index in [1.165, 1.54) is 10.8 Å². The molecule has 0 spiro atoms. The number of aryl methyl sites for hydroxylation is 1. The summed E-state index contributed by atoms with van der Waals surface area (Å²) in [5, 5.41) is 22.5. The predicted molar refractivity (Wildman–Crippen MR) is 92.6 cm³/mol. The number of rotatable bonds is 9. The molecule has 138 valence electrons. The smallest absolute Gasteiger partial charge is 0.381 e. The summed E-state index contributed by atoms with van der Waals surface area (Å²) in [6.07, 6.45) is 1.94. The monoisotopic (exact) mass is 360 g/mol. The lowest BCUT2D eigenvalue weighted by Gasteiger charge is -2.18. The summed E-state index contributed by atoms with van der Waals surface area (Å²) in [7, 11) is 0. The van der Waals surface area contributed by atoms with Crippen molar-refractivity contribution >= 4 is 17.7 Å². The molecule has 0 aliphatic rings. The Morgan fingerprint density at radius 3 is 2.62 bits per heavy atom. The van der Waals surface area contributed by atoms with Gasteiger partial charge in [-0.2, -0.15) is 0 Å². The fraction of sp³-hybridized carbons (Fsp3) is 0.353. The molecule has 0 saturated carbocycles. The number of benzene rings is 1. The van der Waals surface area contributed by atoms with Crippen LogP contribution in [0.1, 0.15) is 24.2 Å². The summed E-state index contributed by atoms with van der Waals surface area (Å²) in [6, 6.07) is 9.09. The van der Waals surface area contributed by atoms with Crippen LogP contribution in [0.15, 0.2) is 36.5 Å². The SMILES string of the molecule is Cc1nc([N+](=O)[O-])cn1CC(=O)NC(CCC(=O)O)Cc1ccccc1. The second kappa shape index (κ2) is 8.75. The number of aliphatic carboxylic acids is 1. The molecule has 9 heteroatoms. The molecule has 1 amide bonds. The Bertz CT molecular complexity index is 788. The molecule has 1 atom stereocenters. The molecule has 2 aromatic rings. The highest BCUT2D eigenvalue weighted by Gasteiger charge is 2.19. The molecule has 26 heavy (non-hydrogen) atoms. The first-order valence-corrected chi connectivity index (χ1v) is 8.08. The van der Waals surface area contributed by atoms with Crippen molar-refractivity contribution in [1.29, 1.82) is 0 Å². The summed E-state index contributed by atoms with van der Waals surface area (Å²) in [6.45, 7) is 1.46. The average molecular weight is 360 g/mol. The van der Waals surface area contributed by atoms with Crippen LogP contribution >= 0.6 is 0 Å². The minimum atomic E-state index is -0.932. The first-order valence-electron chi connectivity index (χ1n) is 8.08. The Morgan fingerprint density at radius 2 is 2.04 bits per heavy atom. The molecular formula is C17H20N4O5. The van der Waals surface area contributed by atoms with Crippen LogP contribution in [0.3, 0.4) is 0 Å². The van der Waals surface area contributed by atoms with Gasteiger partial charge in [-0.1, -0.05) is 30.3 Å². The fourth-order valence-corrected chi connectivity index (χ4v) is 2.59. The van der Waals surface area contributed by atoms with Gasteiger partial charge < -0.3 is 20.5 Å². The van der Waals surface area contributed by atoms with Crippen LogP contribution in [-0.2, 0) is 22.6 Å². The molecule has 0 bridgehead atoms. The van der Waals surface area contributed by atoms with E-state index in [1.54, 1.807) is 6.92 Å². The molecule has 2 rings (SSSR count). The highest BCUT2D eigenvalue weighted by Crippen LogP contribution is 2.11. The Morgan fingerprint density at radius 1 is 1.35 bits per heavy atom. The van der Waals surface area contributed by atoms with Crippen LogP contribution in [0.25, 0.3) is 0 Å². The molecule has 0 saturated heterocycles. The molecule has 9 nitrogen and oxygen atoms in total. The molecule has 1 unspecified atom stereocenters. The zero-order valence-electron chi connectivity index (χ0n) is 14.3. The summed E-state index contributed by atoms with van der Waals surface area (Å²) < 4.78 is 1.39. The van der Waals surface area contributed by atoms with Crippen LogP contribution in [-0.4, -0.2) is 37.5 Å². The summed E-state index contributed by atoms with van der Waals surface area (Å²) >= 11 is 0. The van der Waals surface area contributed by atoms with Crippen molar-refractivity contribution in [2.24, 2.45) is 0 Å². The molecule has 1 aromatic carbocycles. The second-order valence-electron chi connectivity index (χ2n) is 5.92. The quantitative estimate of drug-likeness (QED) is 0.517. The van der Waals surface area contributed by atoms with Crippen molar-refractivity contribution in [3.05, 3.63) is 58.0 Å². The minimum absolute atomic E-state index is 0.0621. The first-order chi connectivity index (χ1) is 12.3. The van der Waals surface area contributed by atoms with Crippen LogP contribution in [0.2, 0.25) is 0 Å². The topological polar surface area (TPSA) is 127 Å². The number of hydrogen-bond donors (Lipinski definition) is 2. The van der Waals surface area contributed by atoms with Gasteiger partial charge in [0.05, 0.1) is 0 Å². The van der Waals surface area contributed by atoms with Gasteiger partial charge in [0.15, 0.2) is 0 Å². The van der Waals surface area contributed by atoms with Crippen molar-refractivity contribution in [2.45, 2.75) is 38.8 Å². The van der Waals surface area contributed by atoms with E-state index in [4.69, 9.17) is 5.11 Å². The molecule has 0 aliphatic heterocycles. The third-order valence-corrected chi connectivity index (χ3v) is 3.86. The number of carboxylic acids is 1. The zero-order chi connectivity index (χ0) is 19.1. The number of nitrogens with zero attached hydrogens (tertiary/aromatic N) is 3. The van der Waals surface area contributed by atoms with E-state index < -0.39 is 10.9 Å². The maximum Gasteiger partial charge on any atom is 0.381 e. The summed E-state index contributed by atoms with van der Waals surface area (Å²) in [5.41, 5.74) is 0.984. The van der Waals surface area contributed by atoms with Gasteiger partial charge in [0.25, 0.3) is 0 Å². The van der Waals surface area contributed by atoms with E-state index in [0.717, 1.165) is 5.56 Å². The van der Waals surface area contributed by atoms with E-state index in [1.807, 2.05) is 30.3 Å². The first kappa shape index (κ1) is 19.1. The van der Waals surface area contributed by atoms with Crippen LogP contribution < -0.4 is 5.32 Å². The van der Waals surface area contributed by atoms with Crippen LogP contribution in [0.5, 0.6) is 0 Å². The standard InChI is InChI=1S/C17H20N4O5/c1-12-18-15(21(25)26)10-20(12)11-16(22)19-14(7-8-17(23)24)9-13-5-3-2-4-6-13/h2-6,10,14H,7-9,11H2,1H3,(H,19,22)(H,23,24). The molecule has 0 radical (unpaired) electrons. The van der Waals surface area contributed by atoms with E-state index in [9.17, 15) is 19.7 Å². The number of carbonyl (C=O) groups is 2. The number of amides is 1. The highest BCUT2D eigenvalue weighted by atomic mass is 16.6. The minimum Gasteiger partial charge on any atom is -0.481 e. The van der Waals surface area contributed by atoms with Crippen molar-refractivity contribution in [3.8, 4) is 0 Å². The van der Waals surface area contributed by atoms with Gasteiger partial charge in [0, 0.05) is 19.4 Å². The van der Waals surface area contributed by atoms with Gasteiger partial charge in [-0.15, -0.1) is 0 Å². The van der Waals surface area contributed by atoms with Gasteiger partial charge >= 0.3 is 11.8 Å². The summed E-state index contributed by atoms with van der Waals surface area (Å²) in [4.78, 5) is 37.1.